The highest BCUT2D eigenvalue weighted by Gasteiger charge is 2.13. The number of unbranched alkanes of at least 4 members (excludes halogenated alkanes) is 4. The van der Waals surface area contributed by atoms with Crippen LogP contribution in [0.3, 0.4) is 0 Å². The second-order valence-electron chi connectivity index (χ2n) is 7.47. The van der Waals surface area contributed by atoms with E-state index in [9.17, 15) is 19.2 Å². The van der Waals surface area contributed by atoms with Crippen molar-refractivity contribution in [2.45, 2.75) is 32.1 Å². The molecule has 0 aliphatic rings. The standard InChI is InChI=1S/C25H28O14/c1-30-20-12-8-18(9-13-20)22(26)34-38-36-24(28)32-16-6-4-3-5-7-17-33-25(29)37-39-35-23(27)19-10-14-21(31-2)15-11-19/h8-15H,3-7,16-17H2,1-2H3. The van der Waals surface area contributed by atoms with E-state index in [1.54, 1.807) is 24.3 Å². The van der Waals surface area contributed by atoms with Gasteiger partial charge in [-0.25, -0.2) is 29.0 Å². The van der Waals surface area contributed by atoms with Gasteiger partial charge < -0.3 is 18.9 Å². The van der Waals surface area contributed by atoms with Crippen LogP contribution < -0.4 is 9.47 Å². The molecule has 212 valence electrons. The normalized spacial score (nSPS) is 10.1. The van der Waals surface area contributed by atoms with E-state index in [2.05, 4.69) is 29.6 Å². The predicted molar refractivity (Wildman–Crippen MR) is 127 cm³/mol. The quantitative estimate of drug-likeness (QED) is 0.122. The SMILES string of the molecule is COc1ccc(C(=O)OOOC(=O)OCCCCCCCOC(=O)OOOC(=O)c2ccc(OC)cc2)cc1. The molecule has 0 aromatic heterocycles. The van der Waals surface area contributed by atoms with Gasteiger partial charge >= 0.3 is 24.2 Å². The summed E-state index contributed by atoms with van der Waals surface area (Å²) in [6.07, 6.45) is 0.949. The Kier molecular flexibility index (Phi) is 14.0. The van der Waals surface area contributed by atoms with Crippen molar-refractivity contribution in [3.8, 4) is 11.5 Å². The van der Waals surface area contributed by atoms with E-state index in [1.807, 2.05) is 0 Å². The lowest BCUT2D eigenvalue weighted by Gasteiger charge is -2.06. The van der Waals surface area contributed by atoms with Gasteiger partial charge in [-0.3, -0.25) is 9.78 Å². The molecule has 2 aromatic carbocycles. The van der Waals surface area contributed by atoms with Crippen molar-refractivity contribution in [2.75, 3.05) is 27.4 Å². The number of hydrogen-bond acceptors (Lipinski definition) is 14. The number of ether oxygens (including phenoxy) is 4. The molecule has 0 fully saturated rings. The van der Waals surface area contributed by atoms with Crippen LogP contribution in [0.4, 0.5) is 9.59 Å². The number of methoxy groups -OCH3 is 2. The maximum absolute atomic E-state index is 11.7. The van der Waals surface area contributed by atoms with Crippen molar-refractivity contribution in [3.05, 3.63) is 59.7 Å². The van der Waals surface area contributed by atoms with Crippen molar-refractivity contribution >= 4 is 24.2 Å². The van der Waals surface area contributed by atoms with Crippen molar-refractivity contribution < 1.29 is 67.8 Å². The molecule has 0 atom stereocenters. The van der Waals surface area contributed by atoms with Crippen molar-refractivity contribution in [3.63, 3.8) is 0 Å². The molecule has 0 unspecified atom stereocenters. The van der Waals surface area contributed by atoms with E-state index in [4.69, 9.17) is 18.9 Å². The highest BCUT2D eigenvalue weighted by atomic mass is 17.5. The van der Waals surface area contributed by atoms with E-state index in [0.29, 0.717) is 24.3 Å². The molecule has 0 amide bonds. The smallest absolute Gasteiger partial charge is 0.497 e. The van der Waals surface area contributed by atoms with Crippen LogP contribution in [0, 0.1) is 0 Å². The molecule has 0 bridgehead atoms. The Morgan fingerprint density at radius 2 is 0.872 bits per heavy atom. The minimum atomic E-state index is -1.17. The van der Waals surface area contributed by atoms with Crippen LogP contribution in [-0.4, -0.2) is 51.7 Å². The van der Waals surface area contributed by atoms with E-state index in [1.165, 1.54) is 38.5 Å². The van der Waals surface area contributed by atoms with Gasteiger partial charge in [-0.05, 0) is 61.4 Å². The molecule has 0 aliphatic heterocycles. The molecule has 0 heterocycles. The van der Waals surface area contributed by atoms with Crippen molar-refractivity contribution in [1.82, 2.24) is 0 Å². The van der Waals surface area contributed by atoms with Crippen LogP contribution in [0.2, 0.25) is 0 Å². The molecule has 14 nitrogen and oxygen atoms in total. The second-order valence-corrected chi connectivity index (χ2v) is 7.47. The first-order chi connectivity index (χ1) is 18.9. The van der Waals surface area contributed by atoms with Crippen LogP contribution >= 0.6 is 0 Å². The highest BCUT2D eigenvalue weighted by Crippen LogP contribution is 2.13. The van der Waals surface area contributed by atoms with Gasteiger partial charge in [0, 0.05) is 0 Å². The fraction of sp³-hybridized carbons (Fsp3) is 0.360. The lowest BCUT2D eigenvalue weighted by Crippen LogP contribution is -2.13. The van der Waals surface area contributed by atoms with Gasteiger partial charge in [-0.15, -0.1) is 0 Å². The molecule has 0 saturated carbocycles. The molecule has 14 heteroatoms. The van der Waals surface area contributed by atoms with Gasteiger partial charge in [0.1, 0.15) is 11.5 Å². The first-order valence-electron chi connectivity index (χ1n) is 11.7. The molecule has 0 N–H and O–H groups in total. The summed E-state index contributed by atoms with van der Waals surface area (Å²) in [7, 11) is 2.97. The number of benzene rings is 2. The summed E-state index contributed by atoms with van der Waals surface area (Å²) in [6.45, 7) is 0.119. The Morgan fingerprint density at radius 1 is 0.513 bits per heavy atom. The van der Waals surface area contributed by atoms with Crippen molar-refractivity contribution in [1.29, 1.82) is 0 Å². The summed E-state index contributed by atoms with van der Waals surface area (Å²) in [5.74, 6) is -0.635. The van der Waals surface area contributed by atoms with Gasteiger partial charge in [0.25, 0.3) is 0 Å². The topological polar surface area (TPSA) is 161 Å². The Balaban J connectivity index is 1.39. The molecular formula is C25H28O14. The third-order valence-corrected chi connectivity index (χ3v) is 4.80. The molecule has 0 spiro atoms. The summed E-state index contributed by atoms with van der Waals surface area (Å²) in [4.78, 5) is 63.4. The van der Waals surface area contributed by atoms with E-state index in [0.717, 1.165) is 19.3 Å². The third kappa shape index (κ3) is 12.5. The first kappa shape index (κ1) is 30.7. The number of carbonyl (C=O) groups excluding carboxylic acids is 4. The third-order valence-electron chi connectivity index (χ3n) is 4.80. The van der Waals surface area contributed by atoms with E-state index in [-0.39, 0.29) is 24.3 Å². The lowest BCUT2D eigenvalue weighted by atomic mass is 10.1. The molecular weight excluding hydrogens is 524 g/mol. The summed E-state index contributed by atoms with van der Waals surface area (Å²) in [5.41, 5.74) is 0.323. The monoisotopic (exact) mass is 552 g/mol. The average molecular weight is 552 g/mol. The van der Waals surface area contributed by atoms with Gasteiger partial charge in [-0.1, -0.05) is 19.3 Å². The van der Waals surface area contributed by atoms with Crippen LogP contribution in [0.25, 0.3) is 0 Å². The zero-order valence-electron chi connectivity index (χ0n) is 21.3. The minimum Gasteiger partial charge on any atom is -0.497 e. The molecule has 39 heavy (non-hydrogen) atoms. The second kappa shape index (κ2) is 17.8. The Hall–Kier alpha value is -4.56. The molecule has 0 saturated heterocycles. The summed E-state index contributed by atoms with van der Waals surface area (Å²) < 4.78 is 19.5. The fourth-order valence-electron chi connectivity index (χ4n) is 2.80. The summed E-state index contributed by atoms with van der Waals surface area (Å²) >= 11 is 0. The maximum Gasteiger partial charge on any atom is 0.543 e. The Morgan fingerprint density at radius 3 is 1.23 bits per heavy atom. The van der Waals surface area contributed by atoms with Crippen LogP contribution in [0.5, 0.6) is 11.5 Å². The average Bonchev–Trinajstić information content (AvgIpc) is 2.96. The van der Waals surface area contributed by atoms with E-state index >= 15 is 0 Å². The predicted octanol–water partition coefficient (Wildman–Crippen LogP) is 4.67. The fourth-order valence-corrected chi connectivity index (χ4v) is 2.80. The molecule has 2 rings (SSSR count). The van der Waals surface area contributed by atoms with E-state index < -0.39 is 24.2 Å². The lowest BCUT2D eigenvalue weighted by molar-refractivity contribution is -0.452. The largest absolute Gasteiger partial charge is 0.543 e. The Bertz CT molecular complexity index is 952. The molecule has 0 aliphatic carbocycles. The van der Waals surface area contributed by atoms with Crippen LogP contribution in [0.1, 0.15) is 52.8 Å². The number of rotatable bonds is 16. The van der Waals surface area contributed by atoms with Gasteiger partial charge in [-0.2, -0.15) is 0 Å². The number of carbonyl (C=O) groups is 4. The van der Waals surface area contributed by atoms with Gasteiger partial charge in [0.2, 0.25) is 0 Å². The van der Waals surface area contributed by atoms with Gasteiger partial charge in [0.15, 0.2) is 0 Å². The maximum atomic E-state index is 11.7. The zero-order valence-corrected chi connectivity index (χ0v) is 21.3. The minimum absolute atomic E-state index is 0.0596. The van der Waals surface area contributed by atoms with Crippen LogP contribution in [-0.2, 0) is 39.1 Å². The van der Waals surface area contributed by atoms with Gasteiger partial charge in [0.05, 0.1) is 48.6 Å². The summed E-state index contributed by atoms with van der Waals surface area (Å²) in [5, 5.41) is 8.26. The molecule has 2 aromatic rings. The first-order valence-corrected chi connectivity index (χ1v) is 11.7. The summed E-state index contributed by atoms with van der Waals surface area (Å²) in [6, 6.07) is 12.0. The zero-order chi connectivity index (χ0) is 28.3. The molecule has 0 radical (unpaired) electrons. The number of hydrogen-bond donors (Lipinski definition) is 0. The Labute approximate surface area is 223 Å². The van der Waals surface area contributed by atoms with Crippen LogP contribution in [0.15, 0.2) is 48.5 Å². The highest BCUT2D eigenvalue weighted by molar-refractivity contribution is 5.89. The van der Waals surface area contributed by atoms with Crippen molar-refractivity contribution in [2.24, 2.45) is 0 Å².